The van der Waals surface area contributed by atoms with E-state index in [-0.39, 0.29) is 20.0 Å². The molecule has 11 heteroatoms. The van der Waals surface area contributed by atoms with Crippen LogP contribution in [0.5, 0.6) is 23.0 Å². The van der Waals surface area contributed by atoms with Crippen LogP contribution in [0.4, 0.5) is 21.9 Å². The average molecular weight is 598 g/mol. The van der Waals surface area contributed by atoms with Gasteiger partial charge in [-0.2, -0.15) is 0 Å². The Balaban J connectivity index is 1.42. The zero-order valence-electron chi connectivity index (χ0n) is 23.6. The molecule has 2 amide bonds. The SMILES string of the molecule is Nc1ccccc1NC(=O)/C=C/[C@H](Oc1ccccc1)[C@@H](OC(=O)Nc1ccc2c(c1)OCO2)c1ccc(OCCO)cc1. The van der Waals surface area contributed by atoms with Gasteiger partial charge in [0.25, 0.3) is 0 Å². The summed E-state index contributed by atoms with van der Waals surface area (Å²) in [5.74, 6) is 1.61. The lowest BCUT2D eigenvalue weighted by molar-refractivity contribution is -0.112. The van der Waals surface area contributed by atoms with Crippen molar-refractivity contribution in [3.05, 3.63) is 115 Å². The van der Waals surface area contributed by atoms with Crippen molar-refractivity contribution >= 4 is 29.1 Å². The van der Waals surface area contributed by atoms with Gasteiger partial charge in [0.1, 0.15) is 18.1 Å². The van der Waals surface area contributed by atoms with Crippen LogP contribution in [-0.4, -0.2) is 43.2 Å². The van der Waals surface area contributed by atoms with Crippen molar-refractivity contribution in [2.45, 2.75) is 12.2 Å². The Hall–Kier alpha value is -5.68. The third kappa shape index (κ3) is 7.99. The highest BCUT2D eigenvalue weighted by atomic mass is 16.7. The van der Waals surface area contributed by atoms with Crippen molar-refractivity contribution in [3.8, 4) is 23.0 Å². The van der Waals surface area contributed by atoms with E-state index >= 15 is 0 Å². The van der Waals surface area contributed by atoms with Gasteiger partial charge in [-0.05, 0) is 60.2 Å². The molecule has 0 spiro atoms. The van der Waals surface area contributed by atoms with Crippen LogP contribution in [0.3, 0.4) is 0 Å². The van der Waals surface area contributed by atoms with Crippen molar-refractivity contribution in [1.82, 2.24) is 0 Å². The van der Waals surface area contributed by atoms with Crippen LogP contribution in [0.2, 0.25) is 0 Å². The first kappa shape index (κ1) is 29.8. The van der Waals surface area contributed by atoms with E-state index in [1.807, 2.05) is 6.07 Å². The van der Waals surface area contributed by atoms with Gasteiger partial charge in [-0.1, -0.05) is 42.5 Å². The predicted octanol–water partition coefficient (Wildman–Crippen LogP) is 5.30. The summed E-state index contributed by atoms with van der Waals surface area (Å²) in [4.78, 5) is 26.1. The predicted molar refractivity (Wildman–Crippen MR) is 164 cm³/mol. The summed E-state index contributed by atoms with van der Waals surface area (Å²) in [5.41, 5.74) is 7.83. The van der Waals surface area contributed by atoms with Crippen molar-refractivity contribution in [1.29, 1.82) is 0 Å². The Labute approximate surface area is 253 Å². The van der Waals surface area contributed by atoms with E-state index in [4.69, 9.17) is 34.5 Å². The summed E-state index contributed by atoms with van der Waals surface area (Å²) < 4.78 is 28.4. The zero-order valence-corrected chi connectivity index (χ0v) is 23.6. The number of para-hydroxylation sites is 3. The van der Waals surface area contributed by atoms with Gasteiger partial charge in [-0.25, -0.2) is 4.79 Å². The van der Waals surface area contributed by atoms with Gasteiger partial charge in [0.2, 0.25) is 12.7 Å². The van der Waals surface area contributed by atoms with Gasteiger partial charge < -0.3 is 39.8 Å². The topological polar surface area (TPSA) is 151 Å². The fourth-order valence-electron chi connectivity index (χ4n) is 4.30. The minimum atomic E-state index is -1.03. The Kier molecular flexibility index (Phi) is 9.80. The van der Waals surface area contributed by atoms with Gasteiger partial charge in [-0.15, -0.1) is 0 Å². The normalized spacial score (nSPS) is 13.1. The highest BCUT2D eigenvalue weighted by Crippen LogP contribution is 2.35. The maximum atomic E-state index is 13.2. The Morgan fingerprint density at radius 3 is 2.41 bits per heavy atom. The number of aliphatic hydroxyl groups excluding tert-OH is 1. The van der Waals surface area contributed by atoms with Crippen LogP contribution in [0.1, 0.15) is 11.7 Å². The molecule has 0 bridgehead atoms. The molecule has 0 fully saturated rings. The fraction of sp³-hybridized carbons (Fsp3) is 0.152. The zero-order chi connectivity index (χ0) is 30.7. The summed E-state index contributed by atoms with van der Waals surface area (Å²) >= 11 is 0. The van der Waals surface area contributed by atoms with E-state index in [0.717, 1.165) is 0 Å². The quantitative estimate of drug-likeness (QED) is 0.126. The van der Waals surface area contributed by atoms with Crippen LogP contribution in [0, 0.1) is 0 Å². The Bertz CT molecular complexity index is 1590. The number of fused-ring (bicyclic) bond motifs is 1. The number of nitrogens with one attached hydrogen (secondary N) is 2. The van der Waals surface area contributed by atoms with E-state index in [1.165, 1.54) is 12.2 Å². The number of amides is 2. The van der Waals surface area contributed by atoms with Crippen molar-refractivity contribution in [2.24, 2.45) is 0 Å². The minimum absolute atomic E-state index is 0.0958. The summed E-state index contributed by atoms with van der Waals surface area (Å²) in [6.45, 7) is 0.0847. The van der Waals surface area contributed by atoms with Gasteiger partial charge >= 0.3 is 6.09 Å². The van der Waals surface area contributed by atoms with Crippen molar-refractivity contribution < 1.29 is 38.4 Å². The number of nitrogens with two attached hydrogens (primary N) is 1. The molecule has 0 aromatic heterocycles. The maximum Gasteiger partial charge on any atom is 0.412 e. The number of hydrogen-bond acceptors (Lipinski definition) is 9. The number of ether oxygens (including phenoxy) is 5. The van der Waals surface area contributed by atoms with Crippen LogP contribution < -0.4 is 35.3 Å². The van der Waals surface area contributed by atoms with Crippen LogP contribution in [-0.2, 0) is 9.53 Å². The average Bonchev–Trinajstić information content (AvgIpc) is 3.51. The first-order valence-corrected chi connectivity index (χ1v) is 13.7. The molecule has 4 aromatic rings. The number of anilines is 3. The second-order valence-electron chi connectivity index (χ2n) is 9.49. The Morgan fingerprint density at radius 2 is 1.64 bits per heavy atom. The van der Waals surface area contributed by atoms with Gasteiger partial charge in [0, 0.05) is 17.8 Å². The monoisotopic (exact) mass is 597 g/mol. The lowest BCUT2D eigenvalue weighted by Crippen LogP contribution is -2.30. The van der Waals surface area contributed by atoms with E-state index in [1.54, 1.807) is 91.0 Å². The molecule has 0 saturated heterocycles. The minimum Gasteiger partial charge on any atom is -0.491 e. The molecule has 2 atom stereocenters. The van der Waals surface area contributed by atoms with Gasteiger partial charge in [-0.3, -0.25) is 10.1 Å². The molecule has 44 heavy (non-hydrogen) atoms. The van der Waals surface area contributed by atoms with E-state index < -0.39 is 24.2 Å². The van der Waals surface area contributed by atoms with Gasteiger partial charge in [0.15, 0.2) is 23.7 Å². The van der Waals surface area contributed by atoms with Gasteiger partial charge in [0.05, 0.1) is 18.0 Å². The first-order valence-electron chi connectivity index (χ1n) is 13.7. The van der Waals surface area contributed by atoms with Crippen LogP contribution in [0.15, 0.2) is 109 Å². The molecule has 4 aromatic carbocycles. The molecule has 0 radical (unpaired) electrons. The largest absolute Gasteiger partial charge is 0.491 e. The van der Waals surface area contributed by atoms with Crippen molar-refractivity contribution in [2.75, 3.05) is 36.4 Å². The summed E-state index contributed by atoms with van der Waals surface area (Å²) in [6.07, 6.45) is 0.0529. The smallest absolute Gasteiger partial charge is 0.412 e. The lowest BCUT2D eigenvalue weighted by Gasteiger charge is -2.26. The molecule has 1 aliphatic rings. The molecule has 1 heterocycles. The number of hydrogen-bond donors (Lipinski definition) is 4. The molecule has 0 unspecified atom stereocenters. The van der Waals surface area contributed by atoms with E-state index in [0.29, 0.717) is 45.6 Å². The van der Waals surface area contributed by atoms with Crippen LogP contribution in [0.25, 0.3) is 0 Å². The highest BCUT2D eigenvalue weighted by Gasteiger charge is 2.28. The molecule has 0 aliphatic carbocycles. The fourth-order valence-corrected chi connectivity index (χ4v) is 4.30. The summed E-state index contributed by atoms with van der Waals surface area (Å²) in [7, 11) is 0. The standard InChI is InChI=1S/C33H31N3O8/c34-26-8-4-5-9-27(26)36-31(38)17-16-29(43-25-6-2-1-3-7-25)32(22-10-13-24(14-11-22)40-19-18-37)44-33(39)35-23-12-15-28-30(20-23)42-21-41-28/h1-17,20,29,32,37H,18-19,21,34H2,(H,35,39)(H,36,38)/b17-16+/t29-,32-/m0/s1. The summed E-state index contributed by atoms with van der Waals surface area (Å²) in [6, 6.07) is 27.6. The third-order valence-corrected chi connectivity index (χ3v) is 6.39. The molecular weight excluding hydrogens is 566 g/mol. The van der Waals surface area contributed by atoms with E-state index in [9.17, 15) is 9.59 Å². The lowest BCUT2D eigenvalue weighted by atomic mass is 10.0. The number of carbonyl (C=O) groups excluding carboxylic acids is 2. The second kappa shape index (κ2) is 14.5. The number of rotatable bonds is 12. The number of carbonyl (C=O) groups is 2. The number of benzene rings is 4. The van der Waals surface area contributed by atoms with Crippen molar-refractivity contribution in [3.63, 3.8) is 0 Å². The molecule has 11 nitrogen and oxygen atoms in total. The molecular formula is C33H31N3O8. The third-order valence-electron chi connectivity index (χ3n) is 6.39. The Morgan fingerprint density at radius 1 is 0.886 bits per heavy atom. The first-order chi connectivity index (χ1) is 21.5. The van der Waals surface area contributed by atoms with E-state index in [2.05, 4.69) is 10.6 Å². The molecule has 0 saturated carbocycles. The molecule has 5 rings (SSSR count). The molecule has 5 N–H and O–H groups in total. The second-order valence-corrected chi connectivity index (χ2v) is 9.49. The molecule has 226 valence electrons. The number of nitrogen functional groups attached to an aromatic ring is 1. The highest BCUT2D eigenvalue weighted by molar-refractivity contribution is 6.01. The maximum absolute atomic E-state index is 13.2. The summed E-state index contributed by atoms with van der Waals surface area (Å²) in [5, 5.41) is 14.6. The molecule has 1 aliphatic heterocycles. The number of aliphatic hydroxyl groups is 1. The van der Waals surface area contributed by atoms with Crippen LogP contribution >= 0.6 is 0 Å².